The van der Waals surface area contributed by atoms with Crippen LogP contribution in [0.3, 0.4) is 0 Å². The van der Waals surface area contributed by atoms with E-state index < -0.39 is 17.0 Å². The van der Waals surface area contributed by atoms with Gasteiger partial charge in [0.1, 0.15) is 6.61 Å². The minimum absolute atomic E-state index is 0.0586. The van der Waals surface area contributed by atoms with E-state index in [-0.39, 0.29) is 12.3 Å². The second-order valence-electron chi connectivity index (χ2n) is 4.66. The molecule has 0 N–H and O–H groups in total. The lowest BCUT2D eigenvalue weighted by Gasteiger charge is -2.14. The van der Waals surface area contributed by atoms with Gasteiger partial charge >= 0.3 is 12.4 Å². The van der Waals surface area contributed by atoms with Crippen molar-refractivity contribution in [1.29, 1.82) is 0 Å². The Hall–Kier alpha value is -2.74. The molecule has 0 aliphatic carbocycles. The molecule has 2 aromatic rings. The molecule has 2 rings (SSSR count). The van der Waals surface area contributed by atoms with Gasteiger partial charge in [-0.1, -0.05) is 28.1 Å². The normalized spacial score (nSPS) is 11.4. The van der Waals surface area contributed by atoms with Gasteiger partial charge in [-0.2, -0.15) is 0 Å². The standard InChI is InChI=1S/C16H11BrNO6/c17-13-5-3-12(4-6-13)15(24-10-19)16(20)23-9-11-1-7-14(8-2-11)18(21)22/h1-8,15H,9H2. The first kappa shape index (κ1) is 17.6. The maximum Gasteiger partial charge on any atom is 0.418 e. The van der Waals surface area contributed by atoms with Gasteiger partial charge in [0.2, 0.25) is 6.10 Å². The molecular formula is C16H11BrNO6. The van der Waals surface area contributed by atoms with Crippen LogP contribution in [0.15, 0.2) is 53.0 Å². The summed E-state index contributed by atoms with van der Waals surface area (Å²) in [7, 11) is 0. The van der Waals surface area contributed by atoms with Crippen LogP contribution >= 0.6 is 15.9 Å². The number of non-ortho nitro benzene ring substituents is 1. The van der Waals surface area contributed by atoms with Crippen LogP contribution in [-0.2, 0) is 25.7 Å². The Kier molecular flexibility index (Phi) is 6.02. The van der Waals surface area contributed by atoms with E-state index in [1.165, 1.54) is 30.7 Å². The fraction of sp³-hybridized carbons (Fsp3) is 0.125. The SMILES string of the molecule is O=[C]OC(C(=O)OCc1ccc([N+](=O)[O-])cc1)c1ccc(Br)cc1. The summed E-state index contributed by atoms with van der Waals surface area (Å²) < 4.78 is 10.6. The molecule has 0 spiro atoms. The Morgan fingerprint density at radius 3 is 2.33 bits per heavy atom. The van der Waals surface area contributed by atoms with E-state index in [0.29, 0.717) is 11.1 Å². The molecule has 0 bridgehead atoms. The summed E-state index contributed by atoms with van der Waals surface area (Å²) >= 11 is 3.27. The molecule has 0 aliphatic rings. The van der Waals surface area contributed by atoms with Gasteiger partial charge in [0, 0.05) is 22.2 Å². The summed E-state index contributed by atoms with van der Waals surface area (Å²) in [6.45, 7) is 1.14. The molecule has 1 radical (unpaired) electrons. The van der Waals surface area contributed by atoms with Crippen LogP contribution in [0.25, 0.3) is 0 Å². The van der Waals surface area contributed by atoms with Gasteiger partial charge in [-0.15, -0.1) is 0 Å². The van der Waals surface area contributed by atoms with Gasteiger partial charge in [0.15, 0.2) is 0 Å². The number of hydrogen-bond acceptors (Lipinski definition) is 6. The molecule has 7 nitrogen and oxygen atoms in total. The predicted molar refractivity (Wildman–Crippen MR) is 86.6 cm³/mol. The number of hydrogen-bond donors (Lipinski definition) is 0. The van der Waals surface area contributed by atoms with Crippen molar-refractivity contribution in [1.82, 2.24) is 0 Å². The molecule has 0 saturated carbocycles. The number of esters is 1. The van der Waals surface area contributed by atoms with E-state index in [2.05, 4.69) is 20.7 Å². The highest BCUT2D eigenvalue weighted by Gasteiger charge is 2.24. The van der Waals surface area contributed by atoms with Crippen LogP contribution in [0, 0.1) is 10.1 Å². The van der Waals surface area contributed by atoms with Crippen molar-refractivity contribution in [2.45, 2.75) is 12.7 Å². The molecule has 0 saturated heterocycles. The lowest BCUT2D eigenvalue weighted by molar-refractivity contribution is -0.384. The summed E-state index contributed by atoms with van der Waals surface area (Å²) in [5.74, 6) is -0.765. The second-order valence-corrected chi connectivity index (χ2v) is 5.58. The van der Waals surface area contributed by atoms with Crippen molar-refractivity contribution in [2.24, 2.45) is 0 Å². The van der Waals surface area contributed by atoms with Gasteiger partial charge in [-0.25, -0.2) is 9.59 Å². The smallest absolute Gasteiger partial charge is 0.418 e. The van der Waals surface area contributed by atoms with Gasteiger partial charge < -0.3 is 9.47 Å². The van der Waals surface area contributed by atoms with Crippen LogP contribution in [0.1, 0.15) is 17.2 Å². The number of halogens is 1. The number of carbonyl (C=O) groups is 1. The summed E-state index contributed by atoms with van der Waals surface area (Å²) in [6, 6.07) is 12.2. The first-order valence-corrected chi connectivity index (χ1v) is 7.49. The number of nitro groups is 1. The van der Waals surface area contributed by atoms with Crippen molar-refractivity contribution >= 4 is 34.1 Å². The maximum absolute atomic E-state index is 12.1. The van der Waals surface area contributed by atoms with E-state index in [4.69, 9.17) is 4.74 Å². The Balaban J connectivity index is 2.03. The molecule has 2 aromatic carbocycles. The van der Waals surface area contributed by atoms with E-state index >= 15 is 0 Å². The average molecular weight is 393 g/mol. The van der Waals surface area contributed by atoms with E-state index in [1.54, 1.807) is 24.3 Å². The molecule has 0 fully saturated rings. The molecular weight excluding hydrogens is 382 g/mol. The molecule has 24 heavy (non-hydrogen) atoms. The number of rotatable bonds is 7. The monoisotopic (exact) mass is 392 g/mol. The van der Waals surface area contributed by atoms with Gasteiger partial charge in [0.05, 0.1) is 4.92 Å². The van der Waals surface area contributed by atoms with E-state index in [0.717, 1.165) is 4.47 Å². The van der Waals surface area contributed by atoms with E-state index in [1.807, 2.05) is 0 Å². The topological polar surface area (TPSA) is 95.7 Å². The van der Waals surface area contributed by atoms with Crippen LogP contribution < -0.4 is 0 Å². The quantitative estimate of drug-likeness (QED) is 0.407. The zero-order chi connectivity index (χ0) is 17.5. The van der Waals surface area contributed by atoms with Gasteiger partial charge in [-0.05, 0) is 29.8 Å². The van der Waals surface area contributed by atoms with Crippen molar-refractivity contribution in [3.8, 4) is 0 Å². The molecule has 0 amide bonds. The van der Waals surface area contributed by atoms with Crippen molar-refractivity contribution in [3.05, 3.63) is 74.2 Å². The fourth-order valence-corrected chi connectivity index (χ4v) is 2.15. The summed E-state index contributed by atoms with van der Waals surface area (Å²) in [6.07, 6.45) is -1.23. The Morgan fingerprint density at radius 2 is 1.79 bits per heavy atom. The minimum atomic E-state index is -1.23. The van der Waals surface area contributed by atoms with Crippen LogP contribution in [0.5, 0.6) is 0 Å². The summed E-state index contributed by atoms with van der Waals surface area (Å²) in [5, 5.41) is 10.6. The predicted octanol–water partition coefficient (Wildman–Crippen LogP) is 3.23. The molecule has 0 aliphatic heterocycles. The number of nitro benzene ring substituents is 1. The highest BCUT2D eigenvalue weighted by atomic mass is 79.9. The highest BCUT2D eigenvalue weighted by molar-refractivity contribution is 9.10. The van der Waals surface area contributed by atoms with E-state index in [9.17, 15) is 19.7 Å². The summed E-state index contributed by atoms with van der Waals surface area (Å²) in [4.78, 5) is 32.7. The lowest BCUT2D eigenvalue weighted by atomic mass is 10.1. The van der Waals surface area contributed by atoms with Crippen LogP contribution in [-0.4, -0.2) is 17.4 Å². The first-order valence-electron chi connectivity index (χ1n) is 6.69. The number of benzene rings is 2. The highest BCUT2D eigenvalue weighted by Crippen LogP contribution is 2.22. The lowest BCUT2D eigenvalue weighted by Crippen LogP contribution is -2.18. The number of nitrogens with zero attached hydrogens (tertiary/aromatic N) is 1. The maximum atomic E-state index is 12.1. The van der Waals surface area contributed by atoms with Gasteiger partial charge in [0.25, 0.3) is 5.69 Å². The minimum Gasteiger partial charge on any atom is -0.458 e. The van der Waals surface area contributed by atoms with Crippen molar-refractivity contribution in [3.63, 3.8) is 0 Å². The average Bonchev–Trinajstić information content (AvgIpc) is 2.59. The van der Waals surface area contributed by atoms with Gasteiger partial charge in [-0.3, -0.25) is 10.1 Å². The molecule has 1 unspecified atom stereocenters. The van der Waals surface area contributed by atoms with Crippen molar-refractivity contribution < 1.29 is 24.0 Å². The molecule has 1 atom stereocenters. The Morgan fingerprint density at radius 1 is 1.17 bits per heavy atom. The number of ether oxygens (including phenoxy) is 2. The van der Waals surface area contributed by atoms with Crippen LogP contribution in [0.2, 0.25) is 0 Å². The summed E-state index contributed by atoms with van der Waals surface area (Å²) in [5.41, 5.74) is 0.950. The molecule has 8 heteroatoms. The van der Waals surface area contributed by atoms with Crippen LogP contribution in [0.4, 0.5) is 5.69 Å². The Bertz CT molecular complexity index is 729. The zero-order valence-electron chi connectivity index (χ0n) is 12.2. The largest absolute Gasteiger partial charge is 0.458 e. The second kappa shape index (κ2) is 8.21. The fourth-order valence-electron chi connectivity index (χ4n) is 1.88. The number of carbonyl (C=O) groups excluding carboxylic acids is 2. The zero-order valence-corrected chi connectivity index (χ0v) is 13.8. The first-order chi connectivity index (χ1) is 11.5. The molecule has 0 heterocycles. The third-order valence-corrected chi connectivity index (χ3v) is 3.61. The molecule has 123 valence electrons. The third kappa shape index (κ3) is 4.63. The Labute approximate surface area is 145 Å². The van der Waals surface area contributed by atoms with Crippen molar-refractivity contribution in [2.75, 3.05) is 0 Å². The molecule has 0 aromatic heterocycles. The third-order valence-electron chi connectivity index (χ3n) is 3.08.